The van der Waals surface area contributed by atoms with Crippen LogP contribution in [0.5, 0.6) is 0 Å². The average molecular weight is 181 g/mol. The molecule has 0 fully saturated rings. The number of aromatic nitrogens is 1. The molecule has 0 N–H and O–H groups in total. The van der Waals surface area contributed by atoms with E-state index >= 15 is 0 Å². The number of hydrogen-bond donors (Lipinski definition) is 0. The van der Waals surface area contributed by atoms with Gasteiger partial charge in [0, 0.05) is 5.56 Å². The first-order chi connectivity index (χ1) is 5.63. The molecule has 1 heterocycles. The van der Waals surface area contributed by atoms with Crippen LogP contribution in [-0.4, -0.2) is 10.8 Å². The van der Waals surface area contributed by atoms with Gasteiger partial charge in [-0.15, -0.1) is 0 Å². The molecule has 4 heteroatoms. The Balaban J connectivity index is 3.26. The zero-order chi connectivity index (χ0) is 9.14. The molecule has 0 saturated carbocycles. The number of rotatable bonds is 1. The molecule has 0 aliphatic carbocycles. The summed E-state index contributed by atoms with van der Waals surface area (Å²) >= 11 is 5.56. The maximum absolute atomic E-state index is 10.9. The normalized spacial score (nSPS) is 9.08. The van der Waals surface area contributed by atoms with E-state index in [-0.39, 0.29) is 16.6 Å². The third-order valence-corrected chi connectivity index (χ3v) is 1.51. The molecule has 1 rings (SSSR count). The molecule has 3 nitrogen and oxygen atoms in total. The monoisotopic (exact) mass is 180 g/mol. The molecule has 0 bridgehead atoms. The van der Waals surface area contributed by atoms with Crippen LogP contribution in [0.15, 0.2) is 12.1 Å². The summed E-state index contributed by atoms with van der Waals surface area (Å²) in [5.74, 6) is -0.129. The summed E-state index contributed by atoms with van der Waals surface area (Å²) in [6, 6.07) is 4.66. The summed E-state index contributed by atoms with van der Waals surface area (Å²) in [6.45, 7) is 1.41. The lowest BCUT2D eigenvalue weighted by Gasteiger charge is -1.95. The number of Topliss-reactive ketones (excluding diaryl/α,β-unsaturated/α-hetero) is 1. The van der Waals surface area contributed by atoms with Crippen molar-refractivity contribution in [1.29, 1.82) is 5.26 Å². The zero-order valence-corrected chi connectivity index (χ0v) is 7.09. The summed E-state index contributed by atoms with van der Waals surface area (Å²) in [7, 11) is 0. The number of carbonyl (C=O) groups excluding carboxylic acids is 1. The van der Waals surface area contributed by atoms with E-state index < -0.39 is 0 Å². The van der Waals surface area contributed by atoms with E-state index in [4.69, 9.17) is 16.9 Å². The Kier molecular flexibility index (Phi) is 2.41. The molecule has 1 aromatic rings. The molecular formula is C8H5ClN2O. The van der Waals surface area contributed by atoms with Gasteiger partial charge in [-0.2, -0.15) is 5.26 Å². The van der Waals surface area contributed by atoms with Crippen molar-refractivity contribution in [2.24, 2.45) is 0 Å². The van der Waals surface area contributed by atoms with Gasteiger partial charge in [0.05, 0.1) is 0 Å². The van der Waals surface area contributed by atoms with Crippen LogP contribution in [0.4, 0.5) is 0 Å². The fraction of sp³-hybridized carbons (Fsp3) is 0.125. The van der Waals surface area contributed by atoms with Crippen molar-refractivity contribution in [2.75, 3.05) is 0 Å². The van der Waals surface area contributed by atoms with E-state index in [1.165, 1.54) is 19.1 Å². The SMILES string of the molecule is CC(=O)c1cc(Cl)nc(C#N)c1. The van der Waals surface area contributed by atoms with Crippen LogP contribution in [0.3, 0.4) is 0 Å². The largest absolute Gasteiger partial charge is 0.295 e. The molecule has 60 valence electrons. The van der Waals surface area contributed by atoms with Crippen LogP contribution >= 0.6 is 11.6 Å². The number of halogens is 1. The number of hydrogen-bond acceptors (Lipinski definition) is 3. The highest BCUT2D eigenvalue weighted by atomic mass is 35.5. The standard InChI is InChI=1S/C8H5ClN2O/c1-5(12)6-2-7(4-10)11-8(9)3-6/h2-3H,1H3. The van der Waals surface area contributed by atoms with Gasteiger partial charge in [-0.3, -0.25) is 4.79 Å². The summed E-state index contributed by atoms with van der Waals surface area (Å²) in [4.78, 5) is 14.6. The molecule has 0 spiro atoms. The highest BCUT2D eigenvalue weighted by molar-refractivity contribution is 6.29. The molecule has 0 aliphatic heterocycles. The molecule has 0 radical (unpaired) electrons. The van der Waals surface area contributed by atoms with Crippen LogP contribution < -0.4 is 0 Å². The van der Waals surface area contributed by atoms with Crippen LogP contribution in [0.1, 0.15) is 23.0 Å². The first-order valence-corrected chi connectivity index (χ1v) is 3.60. The first kappa shape index (κ1) is 8.69. The molecule has 12 heavy (non-hydrogen) atoms. The van der Waals surface area contributed by atoms with Gasteiger partial charge in [0.15, 0.2) is 5.78 Å². The Morgan fingerprint density at radius 2 is 2.33 bits per heavy atom. The van der Waals surface area contributed by atoms with Gasteiger partial charge in [0.2, 0.25) is 0 Å². The van der Waals surface area contributed by atoms with Crippen molar-refractivity contribution < 1.29 is 4.79 Å². The first-order valence-electron chi connectivity index (χ1n) is 3.22. The molecule has 0 aliphatic rings. The van der Waals surface area contributed by atoms with Crippen molar-refractivity contribution in [1.82, 2.24) is 4.98 Å². The fourth-order valence-electron chi connectivity index (χ4n) is 0.757. The summed E-state index contributed by atoms with van der Waals surface area (Å²) in [6.07, 6.45) is 0. The number of pyridine rings is 1. The van der Waals surface area contributed by atoms with Crippen LogP contribution in [0.2, 0.25) is 5.15 Å². The second-order valence-electron chi connectivity index (χ2n) is 2.23. The second-order valence-corrected chi connectivity index (χ2v) is 2.62. The number of ketones is 1. The molecular weight excluding hydrogens is 176 g/mol. The van der Waals surface area contributed by atoms with Crippen molar-refractivity contribution >= 4 is 17.4 Å². The van der Waals surface area contributed by atoms with Crippen LogP contribution in [-0.2, 0) is 0 Å². The lowest BCUT2D eigenvalue weighted by Crippen LogP contribution is -1.95. The molecule has 0 amide bonds. The fourth-order valence-corrected chi connectivity index (χ4v) is 0.966. The van der Waals surface area contributed by atoms with Gasteiger partial charge in [0.1, 0.15) is 16.9 Å². The highest BCUT2D eigenvalue weighted by Crippen LogP contribution is 2.10. The quantitative estimate of drug-likeness (QED) is 0.489. The number of nitriles is 1. The lowest BCUT2D eigenvalue weighted by atomic mass is 10.2. The lowest BCUT2D eigenvalue weighted by molar-refractivity contribution is 0.101. The van der Waals surface area contributed by atoms with E-state index in [2.05, 4.69) is 4.98 Å². The summed E-state index contributed by atoms with van der Waals surface area (Å²) < 4.78 is 0. The van der Waals surface area contributed by atoms with Gasteiger partial charge in [-0.25, -0.2) is 4.98 Å². The zero-order valence-electron chi connectivity index (χ0n) is 6.34. The van der Waals surface area contributed by atoms with Crippen LogP contribution in [0.25, 0.3) is 0 Å². The van der Waals surface area contributed by atoms with E-state index in [9.17, 15) is 4.79 Å². The summed E-state index contributed by atoms with van der Waals surface area (Å²) in [5.41, 5.74) is 0.569. The Labute approximate surface area is 74.6 Å². The number of carbonyl (C=O) groups is 1. The minimum atomic E-state index is -0.129. The maximum Gasteiger partial charge on any atom is 0.160 e. The molecule has 1 aromatic heterocycles. The highest BCUT2D eigenvalue weighted by Gasteiger charge is 2.03. The van der Waals surface area contributed by atoms with Gasteiger partial charge >= 0.3 is 0 Å². The maximum atomic E-state index is 10.9. The third-order valence-electron chi connectivity index (χ3n) is 1.32. The molecule has 0 atom stereocenters. The topological polar surface area (TPSA) is 53.8 Å². The summed E-state index contributed by atoms with van der Waals surface area (Å²) in [5, 5.41) is 8.65. The van der Waals surface area contributed by atoms with E-state index in [0.29, 0.717) is 5.56 Å². The predicted molar refractivity (Wildman–Crippen MR) is 44.0 cm³/mol. The predicted octanol–water partition coefficient (Wildman–Crippen LogP) is 1.81. The third kappa shape index (κ3) is 1.80. The van der Waals surface area contributed by atoms with Gasteiger partial charge in [-0.05, 0) is 19.1 Å². The van der Waals surface area contributed by atoms with E-state index in [1.54, 1.807) is 0 Å². The van der Waals surface area contributed by atoms with E-state index in [0.717, 1.165) is 0 Å². The minimum absolute atomic E-state index is 0.129. The van der Waals surface area contributed by atoms with Crippen molar-refractivity contribution in [3.05, 3.63) is 28.5 Å². The van der Waals surface area contributed by atoms with Gasteiger partial charge < -0.3 is 0 Å². The average Bonchev–Trinajstić information content (AvgIpc) is 2.03. The van der Waals surface area contributed by atoms with Crippen molar-refractivity contribution in [3.8, 4) is 6.07 Å². The van der Waals surface area contributed by atoms with E-state index in [1.807, 2.05) is 6.07 Å². The van der Waals surface area contributed by atoms with Crippen molar-refractivity contribution in [2.45, 2.75) is 6.92 Å². The minimum Gasteiger partial charge on any atom is -0.295 e. The van der Waals surface area contributed by atoms with Crippen LogP contribution in [0, 0.1) is 11.3 Å². The number of nitrogens with zero attached hydrogens (tertiary/aromatic N) is 2. The molecule has 0 aromatic carbocycles. The smallest absolute Gasteiger partial charge is 0.160 e. The van der Waals surface area contributed by atoms with Gasteiger partial charge in [-0.1, -0.05) is 11.6 Å². The Bertz CT molecular complexity index is 368. The molecule has 0 saturated heterocycles. The Morgan fingerprint density at radius 3 is 2.83 bits per heavy atom. The molecule has 0 unspecified atom stereocenters. The Hall–Kier alpha value is -1.40. The second kappa shape index (κ2) is 3.33. The van der Waals surface area contributed by atoms with Crippen molar-refractivity contribution in [3.63, 3.8) is 0 Å². The Morgan fingerprint density at radius 1 is 1.67 bits per heavy atom. The van der Waals surface area contributed by atoms with Gasteiger partial charge in [0.25, 0.3) is 0 Å².